The number of likely N-dealkylation sites (tertiary alicyclic amines) is 2. The second kappa shape index (κ2) is 7.35. The van der Waals surface area contributed by atoms with E-state index in [2.05, 4.69) is 4.98 Å². The molecule has 4 rings (SSSR count). The fraction of sp³-hybridized carbons (Fsp3) is 0.429. The molecule has 0 aliphatic carbocycles. The number of pyridine rings is 2. The van der Waals surface area contributed by atoms with Crippen LogP contribution in [0.1, 0.15) is 28.8 Å². The van der Waals surface area contributed by atoms with Crippen LogP contribution >= 0.6 is 0 Å². The smallest absolute Gasteiger partial charge is 0.268 e. The first-order chi connectivity index (χ1) is 13.9. The number of carbonyl (C=O) groups excluding carboxylic acids is 2. The van der Waals surface area contributed by atoms with E-state index in [9.17, 15) is 14.4 Å². The molecule has 0 unspecified atom stereocenters. The lowest BCUT2D eigenvalue weighted by Crippen LogP contribution is -2.48. The molecule has 2 saturated heterocycles. The standard InChI is InChI=1S/C21H24N4O4/c1-13-6-9-25(15-4-5-17(29-3)22-11-15)21(28)19(13)20(27)24-8-7-16-14(12-24)10-18(26)23(16)2/h4-6,9,11,14,16H,7-8,10,12H2,1-3H3/t14-,16+/m1/s1. The number of nitrogens with zero attached hydrogens (tertiary/aromatic N) is 4. The lowest BCUT2D eigenvalue weighted by atomic mass is 9.92. The summed E-state index contributed by atoms with van der Waals surface area (Å²) in [6, 6.07) is 5.34. The summed E-state index contributed by atoms with van der Waals surface area (Å²) < 4.78 is 6.48. The molecule has 2 aliphatic rings. The van der Waals surface area contributed by atoms with Crippen LogP contribution in [0.5, 0.6) is 5.88 Å². The molecule has 0 aromatic carbocycles. The van der Waals surface area contributed by atoms with Crippen LogP contribution in [0.4, 0.5) is 0 Å². The van der Waals surface area contributed by atoms with Crippen LogP contribution in [0, 0.1) is 12.8 Å². The summed E-state index contributed by atoms with van der Waals surface area (Å²) in [4.78, 5) is 46.1. The molecule has 0 N–H and O–H groups in total. The molecule has 0 spiro atoms. The molecule has 2 aliphatic heterocycles. The molecule has 29 heavy (non-hydrogen) atoms. The first-order valence-electron chi connectivity index (χ1n) is 9.68. The first-order valence-corrected chi connectivity index (χ1v) is 9.68. The molecule has 0 saturated carbocycles. The topological polar surface area (TPSA) is 84.7 Å². The summed E-state index contributed by atoms with van der Waals surface area (Å²) in [5.41, 5.74) is 0.995. The SMILES string of the molecule is COc1ccc(-n2ccc(C)c(C(=O)N3CC[C@H]4[C@H](CC(=O)N4C)C3)c2=O)cn1. The number of carbonyl (C=O) groups is 2. The van der Waals surface area contributed by atoms with E-state index in [1.54, 1.807) is 41.1 Å². The number of piperidine rings is 1. The van der Waals surface area contributed by atoms with Crippen molar-refractivity contribution in [3.8, 4) is 11.6 Å². The second-order valence-corrected chi connectivity index (χ2v) is 7.68. The molecule has 8 nitrogen and oxygen atoms in total. The summed E-state index contributed by atoms with van der Waals surface area (Å²) >= 11 is 0. The predicted octanol–water partition coefficient (Wildman–Crippen LogP) is 1.24. The van der Waals surface area contributed by atoms with Crippen molar-refractivity contribution in [1.82, 2.24) is 19.4 Å². The van der Waals surface area contributed by atoms with Crippen LogP contribution in [0.25, 0.3) is 5.69 Å². The summed E-state index contributed by atoms with van der Waals surface area (Å²) in [6.07, 6.45) is 4.38. The predicted molar refractivity (Wildman–Crippen MR) is 106 cm³/mol. The monoisotopic (exact) mass is 396 g/mol. The first kappa shape index (κ1) is 19.2. The average Bonchev–Trinajstić information content (AvgIpc) is 3.01. The molecule has 2 atom stereocenters. The molecule has 0 radical (unpaired) electrons. The van der Waals surface area contributed by atoms with Crippen LogP contribution in [0.15, 0.2) is 35.4 Å². The van der Waals surface area contributed by atoms with Crippen molar-refractivity contribution in [2.75, 3.05) is 27.2 Å². The minimum Gasteiger partial charge on any atom is -0.481 e. The third-order valence-electron chi connectivity index (χ3n) is 6.03. The summed E-state index contributed by atoms with van der Waals surface area (Å²) in [7, 11) is 3.35. The number of aryl methyl sites for hydroxylation is 1. The van der Waals surface area contributed by atoms with Crippen molar-refractivity contribution in [2.45, 2.75) is 25.8 Å². The average molecular weight is 396 g/mol. The Labute approximate surface area is 168 Å². The van der Waals surface area contributed by atoms with E-state index >= 15 is 0 Å². The van der Waals surface area contributed by atoms with Gasteiger partial charge in [0.2, 0.25) is 11.8 Å². The van der Waals surface area contributed by atoms with Crippen molar-refractivity contribution in [3.63, 3.8) is 0 Å². The van der Waals surface area contributed by atoms with Gasteiger partial charge in [-0.3, -0.25) is 19.0 Å². The Morgan fingerprint density at radius 3 is 2.72 bits per heavy atom. The van der Waals surface area contributed by atoms with Gasteiger partial charge < -0.3 is 14.5 Å². The summed E-state index contributed by atoms with van der Waals surface area (Å²) in [6.45, 7) is 2.80. The van der Waals surface area contributed by atoms with E-state index in [0.717, 1.165) is 6.42 Å². The lowest BCUT2D eigenvalue weighted by Gasteiger charge is -2.36. The number of fused-ring (bicyclic) bond motifs is 1. The maximum Gasteiger partial charge on any atom is 0.268 e. The highest BCUT2D eigenvalue weighted by atomic mass is 16.5. The maximum absolute atomic E-state index is 13.3. The van der Waals surface area contributed by atoms with Crippen molar-refractivity contribution in [3.05, 3.63) is 52.1 Å². The van der Waals surface area contributed by atoms with Crippen molar-refractivity contribution >= 4 is 11.8 Å². The van der Waals surface area contributed by atoms with Gasteiger partial charge in [-0.25, -0.2) is 4.98 Å². The Balaban J connectivity index is 1.63. The maximum atomic E-state index is 13.3. The molecule has 4 heterocycles. The van der Waals surface area contributed by atoms with Gasteiger partial charge in [-0.2, -0.15) is 0 Å². The third kappa shape index (κ3) is 3.28. The van der Waals surface area contributed by atoms with Gasteiger partial charge in [-0.1, -0.05) is 0 Å². The normalized spacial score (nSPS) is 21.3. The van der Waals surface area contributed by atoms with Gasteiger partial charge in [0.05, 0.1) is 19.0 Å². The molecule has 0 bridgehead atoms. The Kier molecular flexibility index (Phi) is 4.86. The van der Waals surface area contributed by atoms with Gasteiger partial charge in [0.25, 0.3) is 11.5 Å². The van der Waals surface area contributed by atoms with Crippen LogP contribution in [-0.2, 0) is 4.79 Å². The third-order valence-corrected chi connectivity index (χ3v) is 6.03. The van der Waals surface area contributed by atoms with Gasteiger partial charge >= 0.3 is 0 Å². The largest absolute Gasteiger partial charge is 0.481 e. The van der Waals surface area contributed by atoms with E-state index in [4.69, 9.17) is 4.74 Å². The van der Waals surface area contributed by atoms with E-state index in [1.165, 1.54) is 17.9 Å². The molecule has 2 amide bonds. The fourth-order valence-corrected chi connectivity index (χ4v) is 4.35. The van der Waals surface area contributed by atoms with Crippen LogP contribution in [0.2, 0.25) is 0 Å². The molecular weight excluding hydrogens is 372 g/mol. The highest BCUT2D eigenvalue weighted by molar-refractivity contribution is 5.95. The number of hydrogen-bond acceptors (Lipinski definition) is 5. The Morgan fingerprint density at radius 2 is 2.03 bits per heavy atom. The molecular formula is C21H24N4O4. The molecule has 2 fully saturated rings. The van der Waals surface area contributed by atoms with E-state index in [0.29, 0.717) is 36.6 Å². The zero-order valence-corrected chi connectivity index (χ0v) is 16.8. The summed E-state index contributed by atoms with van der Waals surface area (Å²) in [5, 5.41) is 0. The number of rotatable bonds is 3. The van der Waals surface area contributed by atoms with Gasteiger partial charge in [-0.15, -0.1) is 0 Å². The number of aromatic nitrogens is 2. The minimum absolute atomic E-state index is 0.125. The Hall–Kier alpha value is -3.16. The van der Waals surface area contributed by atoms with Crippen LogP contribution in [0.3, 0.4) is 0 Å². The van der Waals surface area contributed by atoms with Gasteiger partial charge in [-0.05, 0) is 31.0 Å². The quantitative estimate of drug-likeness (QED) is 0.779. The molecule has 2 aromatic heterocycles. The number of ether oxygens (including phenoxy) is 1. The molecule has 2 aromatic rings. The van der Waals surface area contributed by atoms with E-state index < -0.39 is 0 Å². The van der Waals surface area contributed by atoms with Gasteiger partial charge in [0.15, 0.2) is 0 Å². The van der Waals surface area contributed by atoms with Crippen molar-refractivity contribution in [1.29, 1.82) is 0 Å². The Bertz CT molecular complexity index is 1010. The number of hydrogen-bond donors (Lipinski definition) is 0. The summed E-state index contributed by atoms with van der Waals surface area (Å²) in [5.74, 6) is 0.426. The molecule has 152 valence electrons. The lowest BCUT2D eigenvalue weighted by molar-refractivity contribution is -0.127. The number of methoxy groups -OCH3 is 1. The van der Waals surface area contributed by atoms with E-state index in [-0.39, 0.29) is 34.9 Å². The minimum atomic E-state index is -0.372. The van der Waals surface area contributed by atoms with E-state index in [1.807, 2.05) is 7.05 Å². The van der Waals surface area contributed by atoms with Crippen molar-refractivity contribution < 1.29 is 14.3 Å². The zero-order chi connectivity index (χ0) is 20.7. The molecule has 8 heteroatoms. The van der Waals surface area contributed by atoms with Crippen molar-refractivity contribution in [2.24, 2.45) is 5.92 Å². The highest BCUT2D eigenvalue weighted by Crippen LogP contribution is 2.31. The van der Waals surface area contributed by atoms with Crippen LogP contribution in [-0.4, -0.2) is 64.5 Å². The second-order valence-electron chi connectivity index (χ2n) is 7.68. The van der Waals surface area contributed by atoms with Gasteiger partial charge in [0.1, 0.15) is 5.56 Å². The zero-order valence-electron chi connectivity index (χ0n) is 16.8. The van der Waals surface area contributed by atoms with Crippen LogP contribution < -0.4 is 10.3 Å². The number of amides is 2. The fourth-order valence-electron chi connectivity index (χ4n) is 4.35. The van der Waals surface area contributed by atoms with Gasteiger partial charge in [0, 0.05) is 50.8 Å². The Morgan fingerprint density at radius 1 is 1.24 bits per heavy atom. The highest BCUT2D eigenvalue weighted by Gasteiger charge is 2.42.